The predicted octanol–water partition coefficient (Wildman–Crippen LogP) is 18.1. The third-order valence-corrected chi connectivity index (χ3v) is 16.4. The summed E-state index contributed by atoms with van der Waals surface area (Å²) in [7, 11) is 0. The minimum Gasteiger partial charge on any atom is -0.457 e. The van der Waals surface area contributed by atoms with Gasteiger partial charge in [0, 0.05) is 38.8 Å². The minimum atomic E-state index is -0.728. The van der Waals surface area contributed by atoms with E-state index >= 15 is 0 Å². The lowest BCUT2D eigenvalue weighted by molar-refractivity contribution is 0.436. The van der Waals surface area contributed by atoms with E-state index in [2.05, 4.69) is 266 Å². The van der Waals surface area contributed by atoms with E-state index < -0.39 is 10.8 Å². The normalized spacial score (nSPS) is 14.2. The van der Waals surface area contributed by atoms with Gasteiger partial charge in [0.05, 0.1) is 27.9 Å². The fourth-order valence-corrected chi connectivity index (χ4v) is 13.7. The van der Waals surface area contributed by atoms with Crippen molar-refractivity contribution in [3.05, 3.63) is 305 Å². The molecule has 0 aromatic heterocycles. The van der Waals surface area contributed by atoms with Crippen LogP contribution < -0.4 is 14.4 Å². The van der Waals surface area contributed by atoms with Crippen molar-refractivity contribution < 1.29 is 9.47 Å². The number of hydrogen-bond donors (Lipinski definition) is 0. The molecule has 0 amide bonds. The number of rotatable bonds is 4. The quantitative estimate of drug-likeness (QED) is 0.176. The summed E-state index contributed by atoms with van der Waals surface area (Å²) in [6, 6.07) is 95.9. The van der Waals surface area contributed by atoms with Crippen molar-refractivity contribution in [2.24, 2.45) is 0 Å². The first-order chi connectivity index (χ1) is 36.2. The van der Waals surface area contributed by atoms with Gasteiger partial charge in [-0.25, -0.2) is 0 Å². The Morgan fingerprint density at radius 2 is 0.712 bits per heavy atom. The smallest absolute Gasteiger partial charge is 0.132 e. The highest BCUT2D eigenvalue weighted by molar-refractivity contribution is 6.17. The van der Waals surface area contributed by atoms with E-state index in [-0.39, 0.29) is 0 Å². The van der Waals surface area contributed by atoms with Crippen LogP contribution in [0.5, 0.6) is 23.0 Å². The maximum absolute atomic E-state index is 6.92. The van der Waals surface area contributed by atoms with Crippen LogP contribution in [0.25, 0.3) is 54.9 Å². The highest BCUT2D eigenvalue weighted by atomic mass is 16.5. The molecule has 12 aromatic carbocycles. The zero-order valence-corrected chi connectivity index (χ0v) is 39.6. The van der Waals surface area contributed by atoms with Crippen LogP contribution >= 0.6 is 0 Å². The fourth-order valence-electron chi connectivity index (χ4n) is 13.7. The average molecular weight is 930 g/mol. The van der Waals surface area contributed by atoms with E-state index in [0.717, 1.165) is 78.8 Å². The Bertz CT molecular complexity index is 4210. The number of para-hydroxylation sites is 5. The average Bonchev–Trinajstić information content (AvgIpc) is 4.02. The second-order valence-corrected chi connectivity index (χ2v) is 19.7. The maximum Gasteiger partial charge on any atom is 0.132 e. The van der Waals surface area contributed by atoms with Crippen molar-refractivity contribution in [3.63, 3.8) is 0 Å². The van der Waals surface area contributed by atoms with Crippen LogP contribution in [-0.2, 0) is 10.8 Å². The van der Waals surface area contributed by atoms with Gasteiger partial charge in [0.2, 0.25) is 0 Å². The summed E-state index contributed by atoms with van der Waals surface area (Å²) in [6.07, 6.45) is 0. The van der Waals surface area contributed by atoms with Crippen LogP contribution in [0, 0.1) is 0 Å². The number of nitrogens with zero attached hydrogens (tertiary/aromatic N) is 1. The second-order valence-electron chi connectivity index (χ2n) is 19.7. The Hall–Kier alpha value is -9.44. The van der Waals surface area contributed by atoms with Gasteiger partial charge in [-0.15, -0.1) is 0 Å². The van der Waals surface area contributed by atoms with E-state index in [0.29, 0.717) is 0 Å². The van der Waals surface area contributed by atoms with E-state index in [1.54, 1.807) is 0 Å². The van der Waals surface area contributed by atoms with E-state index in [1.165, 1.54) is 60.7 Å². The molecule has 12 aromatic rings. The van der Waals surface area contributed by atoms with Gasteiger partial charge in [0.1, 0.15) is 23.0 Å². The maximum atomic E-state index is 6.92. The van der Waals surface area contributed by atoms with Gasteiger partial charge >= 0.3 is 0 Å². The third kappa shape index (κ3) is 5.22. The summed E-state index contributed by atoms with van der Waals surface area (Å²) < 4.78 is 13.7. The van der Waals surface area contributed by atoms with Crippen molar-refractivity contribution in [1.29, 1.82) is 0 Å². The summed E-state index contributed by atoms with van der Waals surface area (Å²) in [5.41, 5.74) is 18.6. The molecule has 2 spiro atoms. The Morgan fingerprint density at radius 3 is 1.37 bits per heavy atom. The zero-order chi connectivity index (χ0) is 47.8. The molecule has 340 valence electrons. The summed E-state index contributed by atoms with van der Waals surface area (Å²) in [5.74, 6) is 3.49. The molecular weight excluding hydrogens is 887 g/mol. The van der Waals surface area contributed by atoms with Gasteiger partial charge in [-0.05, 0) is 103 Å². The molecule has 2 aliphatic carbocycles. The Balaban J connectivity index is 1.08. The predicted molar refractivity (Wildman–Crippen MR) is 296 cm³/mol. The highest BCUT2D eigenvalue weighted by Crippen LogP contribution is 2.68. The number of benzene rings is 12. The molecule has 16 rings (SSSR count). The van der Waals surface area contributed by atoms with Gasteiger partial charge in [0.25, 0.3) is 0 Å². The molecule has 0 saturated carbocycles. The lowest BCUT2D eigenvalue weighted by Crippen LogP contribution is -2.32. The zero-order valence-electron chi connectivity index (χ0n) is 39.6. The highest BCUT2D eigenvalue weighted by Gasteiger charge is 2.54. The Labute approximate surface area is 423 Å². The molecule has 0 bridgehead atoms. The molecule has 3 heteroatoms. The number of ether oxygens (including phenoxy) is 2. The van der Waals surface area contributed by atoms with E-state index in [9.17, 15) is 0 Å². The van der Waals surface area contributed by atoms with Crippen LogP contribution in [0.15, 0.2) is 261 Å². The lowest BCUT2D eigenvalue weighted by atomic mass is 9.65. The Morgan fingerprint density at radius 1 is 0.260 bits per heavy atom. The minimum absolute atomic E-state index is 0.653. The SMILES string of the molecule is c1ccc(-c2ccccc2N(c2cccc3c2-c2ccccc2C32c3ccccc3Oc3ccccc32)c2cc3c(c4ccccc24)-c2c(ccc4ccccc24)C32c3ccccc3Oc3ccccc32)cc1. The first kappa shape index (κ1) is 40.3. The molecular formula is C70H43NO2. The van der Waals surface area contributed by atoms with Gasteiger partial charge in [-0.2, -0.15) is 0 Å². The van der Waals surface area contributed by atoms with Crippen molar-refractivity contribution in [1.82, 2.24) is 0 Å². The molecule has 0 unspecified atom stereocenters. The fraction of sp³-hybridized carbons (Fsp3) is 0.0286. The van der Waals surface area contributed by atoms with E-state index in [1.807, 2.05) is 0 Å². The van der Waals surface area contributed by atoms with Gasteiger partial charge in [-0.1, -0.05) is 218 Å². The van der Waals surface area contributed by atoms with Gasteiger partial charge in [-0.3, -0.25) is 0 Å². The molecule has 0 radical (unpaired) electrons. The van der Waals surface area contributed by atoms with Crippen LogP contribution in [-0.4, -0.2) is 0 Å². The molecule has 2 heterocycles. The number of hydrogen-bond acceptors (Lipinski definition) is 3. The summed E-state index contributed by atoms with van der Waals surface area (Å²) in [6.45, 7) is 0. The van der Waals surface area contributed by atoms with E-state index in [4.69, 9.17) is 9.47 Å². The number of anilines is 3. The number of fused-ring (bicyclic) bond motifs is 22. The largest absolute Gasteiger partial charge is 0.457 e. The van der Waals surface area contributed by atoms with Crippen molar-refractivity contribution in [2.45, 2.75) is 10.8 Å². The van der Waals surface area contributed by atoms with Gasteiger partial charge in [0.15, 0.2) is 0 Å². The molecule has 0 fully saturated rings. The second kappa shape index (κ2) is 15.0. The van der Waals surface area contributed by atoms with Crippen LogP contribution in [0.4, 0.5) is 17.1 Å². The molecule has 0 saturated heterocycles. The Kier molecular flexibility index (Phi) is 8.30. The molecule has 0 atom stereocenters. The summed E-state index contributed by atoms with van der Waals surface area (Å²) in [4.78, 5) is 2.60. The van der Waals surface area contributed by atoms with Crippen LogP contribution in [0.2, 0.25) is 0 Å². The van der Waals surface area contributed by atoms with Crippen molar-refractivity contribution in [2.75, 3.05) is 4.90 Å². The van der Waals surface area contributed by atoms with Crippen LogP contribution in [0.3, 0.4) is 0 Å². The lowest BCUT2D eigenvalue weighted by Gasteiger charge is -2.40. The molecule has 3 nitrogen and oxygen atoms in total. The molecule has 0 N–H and O–H groups in total. The summed E-state index contributed by atoms with van der Waals surface area (Å²) in [5, 5.41) is 4.82. The van der Waals surface area contributed by atoms with Gasteiger partial charge < -0.3 is 14.4 Å². The third-order valence-electron chi connectivity index (χ3n) is 16.4. The molecule has 73 heavy (non-hydrogen) atoms. The van der Waals surface area contributed by atoms with Crippen molar-refractivity contribution >= 4 is 38.6 Å². The monoisotopic (exact) mass is 929 g/mol. The topological polar surface area (TPSA) is 21.7 Å². The molecule has 2 aliphatic heterocycles. The standard InChI is InChI=1S/C70H43NO2/c1-2-21-44(22-3-1)46-24-9-15-35-59(46)71(60-36-20-34-56-66(60)50-28-8-10-29-51(50)69(56)52-30-11-16-37-62(52)72-63-38-17-12-31-53(63)69)61-43-58-68(49-27-7-6-26-48(49)61)67-47-25-5-4-23-45(47)41-42-57(67)70(58)54-32-13-18-39-64(54)73-65-40-19-14-33-55(65)70/h1-43H. The first-order valence-electron chi connectivity index (χ1n) is 25.2. The summed E-state index contributed by atoms with van der Waals surface area (Å²) >= 11 is 0. The van der Waals surface area contributed by atoms with Crippen molar-refractivity contribution in [3.8, 4) is 56.4 Å². The molecule has 4 aliphatic rings. The first-order valence-corrected chi connectivity index (χ1v) is 25.2. The van der Waals surface area contributed by atoms with Crippen LogP contribution in [0.1, 0.15) is 44.5 Å².